The molecule has 1 saturated heterocycles. The SMILES string of the molecule is CCC.FCCN1CCCCC12CC2. The normalized spacial score (nSPS) is 24.2. The molecule has 0 aromatic carbocycles. The van der Waals surface area contributed by atoms with Gasteiger partial charge in [0.25, 0.3) is 0 Å². The van der Waals surface area contributed by atoms with Crippen molar-refractivity contribution >= 4 is 0 Å². The minimum absolute atomic E-state index is 0.165. The number of alkyl halides is 1. The van der Waals surface area contributed by atoms with Crippen molar-refractivity contribution in [2.75, 3.05) is 19.8 Å². The summed E-state index contributed by atoms with van der Waals surface area (Å²) in [4.78, 5) is 2.37. The highest BCUT2D eigenvalue weighted by molar-refractivity contribution is 5.05. The van der Waals surface area contributed by atoms with Gasteiger partial charge < -0.3 is 0 Å². The summed E-state index contributed by atoms with van der Waals surface area (Å²) in [7, 11) is 0. The van der Waals surface area contributed by atoms with Crippen molar-refractivity contribution in [3.05, 3.63) is 0 Å². The van der Waals surface area contributed by atoms with Gasteiger partial charge in [-0.25, -0.2) is 4.39 Å². The Balaban J connectivity index is 0.000000293. The van der Waals surface area contributed by atoms with E-state index in [0.717, 1.165) is 6.54 Å². The number of likely N-dealkylation sites (tertiary alicyclic amines) is 1. The molecule has 0 atom stereocenters. The van der Waals surface area contributed by atoms with Crippen molar-refractivity contribution in [2.45, 2.75) is 57.9 Å². The van der Waals surface area contributed by atoms with E-state index >= 15 is 0 Å². The van der Waals surface area contributed by atoms with Gasteiger partial charge in [-0.1, -0.05) is 26.7 Å². The Morgan fingerprint density at radius 1 is 1.14 bits per heavy atom. The van der Waals surface area contributed by atoms with E-state index < -0.39 is 0 Å². The molecule has 1 spiro atoms. The van der Waals surface area contributed by atoms with Crippen LogP contribution in [0.2, 0.25) is 0 Å². The van der Waals surface area contributed by atoms with Crippen LogP contribution < -0.4 is 0 Å². The van der Waals surface area contributed by atoms with E-state index in [1.165, 1.54) is 38.5 Å². The topological polar surface area (TPSA) is 3.24 Å². The van der Waals surface area contributed by atoms with Crippen molar-refractivity contribution in [1.82, 2.24) is 4.90 Å². The van der Waals surface area contributed by atoms with Gasteiger partial charge in [0, 0.05) is 12.1 Å². The zero-order valence-electron chi connectivity index (χ0n) is 9.69. The van der Waals surface area contributed by atoms with Gasteiger partial charge in [0.15, 0.2) is 0 Å². The van der Waals surface area contributed by atoms with Gasteiger partial charge in [-0.3, -0.25) is 4.90 Å². The van der Waals surface area contributed by atoms with Crippen LogP contribution in [0.15, 0.2) is 0 Å². The van der Waals surface area contributed by atoms with Crippen LogP contribution in [-0.2, 0) is 0 Å². The second-order valence-electron chi connectivity index (χ2n) is 4.56. The minimum Gasteiger partial charge on any atom is -0.295 e. The lowest BCUT2D eigenvalue weighted by molar-refractivity contribution is 0.120. The van der Waals surface area contributed by atoms with Crippen LogP contribution in [0.4, 0.5) is 4.39 Å². The Hall–Kier alpha value is -0.110. The van der Waals surface area contributed by atoms with E-state index in [-0.39, 0.29) is 6.67 Å². The third kappa shape index (κ3) is 2.94. The minimum atomic E-state index is -0.165. The molecule has 0 bridgehead atoms. The van der Waals surface area contributed by atoms with Crippen molar-refractivity contribution < 1.29 is 4.39 Å². The first-order valence-electron chi connectivity index (χ1n) is 6.10. The van der Waals surface area contributed by atoms with Crippen LogP contribution in [0.3, 0.4) is 0 Å². The summed E-state index contributed by atoms with van der Waals surface area (Å²) in [5.74, 6) is 0. The Morgan fingerprint density at radius 3 is 2.29 bits per heavy atom. The Bertz CT molecular complexity index is 152. The zero-order valence-corrected chi connectivity index (χ0v) is 9.69. The van der Waals surface area contributed by atoms with Crippen molar-refractivity contribution in [3.8, 4) is 0 Å². The third-order valence-electron chi connectivity index (χ3n) is 3.17. The lowest BCUT2D eigenvalue weighted by Gasteiger charge is -2.35. The summed E-state index contributed by atoms with van der Waals surface area (Å²) in [5.41, 5.74) is 0.490. The molecule has 0 aromatic heterocycles. The van der Waals surface area contributed by atoms with Crippen LogP contribution in [0.25, 0.3) is 0 Å². The fraction of sp³-hybridized carbons (Fsp3) is 1.00. The number of piperidine rings is 1. The molecule has 0 radical (unpaired) electrons. The Morgan fingerprint density at radius 2 is 1.79 bits per heavy atom. The van der Waals surface area contributed by atoms with E-state index in [0.29, 0.717) is 12.1 Å². The first-order valence-corrected chi connectivity index (χ1v) is 6.10. The summed E-state index contributed by atoms with van der Waals surface area (Å²) in [6.45, 7) is 5.91. The molecule has 0 unspecified atom stereocenters. The van der Waals surface area contributed by atoms with E-state index in [4.69, 9.17) is 0 Å². The van der Waals surface area contributed by atoms with Crippen LogP contribution >= 0.6 is 0 Å². The van der Waals surface area contributed by atoms with Gasteiger partial charge in [-0.05, 0) is 32.2 Å². The van der Waals surface area contributed by atoms with Gasteiger partial charge >= 0.3 is 0 Å². The Kier molecular flexibility index (Phi) is 4.86. The van der Waals surface area contributed by atoms with E-state index in [1.54, 1.807) is 0 Å². The largest absolute Gasteiger partial charge is 0.295 e. The fourth-order valence-electron chi connectivity index (χ4n) is 2.31. The monoisotopic (exact) mass is 201 g/mol. The molecule has 1 heterocycles. The first-order chi connectivity index (χ1) is 6.79. The summed E-state index contributed by atoms with van der Waals surface area (Å²) in [6.07, 6.45) is 7.87. The van der Waals surface area contributed by atoms with Gasteiger partial charge in [-0.2, -0.15) is 0 Å². The zero-order chi connectivity index (χ0) is 10.4. The molecule has 14 heavy (non-hydrogen) atoms. The molecule has 1 nitrogen and oxygen atoms in total. The molecule has 2 rings (SSSR count). The molecule has 0 amide bonds. The van der Waals surface area contributed by atoms with Crippen LogP contribution in [0.1, 0.15) is 52.4 Å². The summed E-state index contributed by atoms with van der Waals surface area (Å²) < 4.78 is 12.1. The van der Waals surface area contributed by atoms with Crippen LogP contribution in [0.5, 0.6) is 0 Å². The molecule has 1 aliphatic heterocycles. The Labute approximate surface area is 87.7 Å². The van der Waals surface area contributed by atoms with E-state index in [9.17, 15) is 4.39 Å². The smallest absolute Gasteiger partial charge is 0.102 e. The molecule has 0 aromatic rings. The van der Waals surface area contributed by atoms with Gasteiger partial charge in [0.1, 0.15) is 6.67 Å². The molecule has 1 aliphatic carbocycles. The molecular weight excluding hydrogens is 177 g/mol. The lowest BCUT2D eigenvalue weighted by atomic mass is 10.0. The molecule has 2 aliphatic rings. The summed E-state index contributed by atoms with van der Waals surface area (Å²) in [5, 5.41) is 0. The van der Waals surface area contributed by atoms with Crippen LogP contribution in [-0.4, -0.2) is 30.2 Å². The standard InChI is InChI=1S/C9H16FN.C3H8/c10-6-8-11-7-2-1-3-9(11)4-5-9;1-3-2/h1-8H2;3H2,1-2H3. The van der Waals surface area contributed by atoms with Crippen molar-refractivity contribution in [2.24, 2.45) is 0 Å². The fourth-order valence-corrected chi connectivity index (χ4v) is 2.31. The molecule has 2 heteroatoms. The number of hydrogen-bond donors (Lipinski definition) is 0. The highest BCUT2D eigenvalue weighted by atomic mass is 19.1. The van der Waals surface area contributed by atoms with E-state index in [2.05, 4.69) is 18.7 Å². The molecule has 1 saturated carbocycles. The number of nitrogens with zero attached hydrogens (tertiary/aromatic N) is 1. The summed E-state index contributed by atoms with van der Waals surface area (Å²) in [6, 6.07) is 0. The maximum absolute atomic E-state index is 12.1. The van der Waals surface area contributed by atoms with Crippen molar-refractivity contribution in [1.29, 1.82) is 0 Å². The lowest BCUT2D eigenvalue weighted by Crippen LogP contribution is -2.42. The molecular formula is C12H24FN. The number of halogens is 1. The predicted octanol–water partition coefficient (Wildman–Crippen LogP) is 3.39. The van der Waals surface area contributed by atoms with Gasteiger partial charge in [0.05, 0.1) is 0 Å². The third-order valence-corrected chi connectivity index (χ3v) is 3.17. The molecule has 84 valence electrons. The maximum atomic E-state index is 12.1. The van der Waals surface area contributed by atoms with Gasteiger partial charge in [0.2, 0.25) is 0 Å². The highest BCUT2D eigenvalue weighted by Crippen LogP contribution is 2.47. The number of hydrogen-bond acceptors (Lipinski definition) is 1. The average molecular weight is 201 g/mol. The average Bonchev–Trinajstić information content (AvgIpc) is 2.92. The second kappa shape index (κ2) is 5.69. The second-order valence-corrected chi connectivity index (χ2v) is 4.56. The van der Waals surface area contributed by atoms with Crippen molar-refractivity contribution in [3.63, 3.8) is 0 Å². The summed E-state index contributed by atoms with van der Waals surface area (Å²) >= 11 is 0. The number of rotatable bonds is 2. The quantitative estimate of drug-likeness (QED) is 0.662. The molecule has 0 N–H and O–H groups in total. The molecule has 2 fully saturated rings. The first kappa shape index (κ1) is 12.0. The van der Waals surface area contributed by atoms with E-state index in [1.807, 2.05) is 0 Å². The van der Waals surface area contributed by atoms with Gasteiger partial charge in [-0.15, -0.1) is 0 Å². The highest BCUT2D eigenvalue weighted by Gasteiger charge is 2.48. The predicted molar refractivity (Wildman–Crippen MR) is 59.3 cm³/mol. The maximum Gasteiger partial charge on any atom is 0.102 e. The van der Waals surface area contributed by atoms with Crippen LogP contribution in [0, 0.1) is 0 Å².